The number of alkyl halides is 3. The van der Waals surface area contributed by atoms with Crippen LogP contribution in [0, 0.1) is 28.6 Å². The van der Waals surface area contributed by atoms with Crippen LogP contribution in [0.5, 0.6) is 0 Å². The number of hydrogen-bond donors (Lipinski definition) is 1. The monoisotopic (exact) mass is 507 g/mol. The number of amides is 2. The van der Waals surface area contributed by atoms with E-state index in [0.717, 1.165) is 17.7 Å². The summed E-state index contributed by atoms with van der Waals surface area (Å²) in [5, 5.41) is 2.41. The van der Waals surface area contributed by atoms with Gasteiger partial charge in [-0.1, -0.05) is 61.9 Å². The average Bonchev–Trinajstić information content (AvgIpc) is 3.16. The van der Waals surface area contributed by atoms with Crippen molar-refractivity contribution in [3.8, 4) is 0 Å². The highest BCUT2D eigenvalue weighted by molar-refractivity contribution is 6.20. The molecule has 2 aromatic rings. The van der Waals surface area contributed by atoms with Crippen molar-refractivity contribution >= 4 is 23.4 Å². The second kappa shape index (κ2) is 7.49. The van der Waals surface area contributed by atoms with E-state index in [2.05, 4.69) is 5.32 Å². The van der Waals surface area contributed by atoms with Gasteiger partial charge in [0.15, 0.2) is 11.6 Å². The molecule has 0 bridgehead atoms. The molecule has 190 valence electrons. The minimum atomic E-state index is -4.53. The van der Waals surface area contributed by atoms with E-state index in [4.69, 9.17) is 0 Å². The number of nitrogens with one attached hydrogen (secondary N) is 1. The van der Waals surface area contributed by atoms with Gasteiger partial charge < -0.3 is 0 Å². The molecule has 2 aromatic carbocycles. The van der Waals surface area contributed by atoms with Gasteiger partial charge in [-0.15, -0.1) is 0 Å². The first-order valence-corrected chi connectivity index (χ1v) is 12.3. The number of carbonyl (C=O) groups is 4. The summed E-state index contributed by atoms with van der Waals surface area (Å²) in [5.74, 6) is -3.73. The summed E-state index contributed by atoms with van der Waals surface area (Å²) in [4.78, 5) is 53.8. The van der Waals surface area contributed by atoms with Gasteiger partial charge in [0.2, 0.25) is 11.8 Å². The first-order valence-electron chi connectivity index (χ1n) is 12.3. The molecule has 6 atom stereocenters. The summed E-state index contributed by atoms with van der Waals surface area (Å²) in [6, 6.07) is 11.3. The Hall–Kier alpha value is -3.55. The molecule has 0 aromatic heterocycles. The Morgan fingerprint density at radius 3 is 2.08 bits per heavy atom. The van der Waals surface area contributed by atoms with E-state index in [0.29, 0.717) is 16.7 Å². The lowest BCUT2D eigenvalue weighted by Gasteiger charge is -2.59. The van der Waals surface area contributed by atoms with Crippen LogP contribution in [-0.4, -0.2) is 23.4 Å². The van der Waals surface area contributed by atoms with Gasteiger partial charge in [-0.05, 0) is 36.5 Å². The molecule has 1 saturated heterocycles. The normalized spacial score (nSPS) is 34.7. The first kappa shape index (κ1) is 23.8. The second-order valence-corrected chi connectivity index (χ2v) is 11.0. The van der Waals surface area contributed by atoms with E-state index in [9.17, 15) is 32.3 Å². The summed E-state index contributed by atoms with van der Waals surface area (Å²) in [6.45, 7) is 3.46. The van der Waals surface area contributed by atoms with E-state index < -0.39 is 52.1 Å². The highest BCUT2D eigenvalue weighted by Crippen LogP contribution is 2.67. The predicted octanol–water partition coefficient (Wildman–Crippen LogP) is 5.12. The van der Waals surface area contributed by atoms with Gasteiger partial charge in [-0.25, -0.2) is 0 Å². The van der Waals surface area contributed by atoms with Crippen LogP contribution in [0.15, 0.2) is 60.2 Å². The van der Waals surface area contributed by atoms with Gasteiger partial charge in [0, 0.05) is 22.5 Å². The number of halogens is 3. The fourth-order valence-electron chi connectivity index (χ4n) is 7.42. The molecule has 1 heterocycles. The molecule has 0 radical (unpaired) electrons. The average molecular weight is 508 g/mol. The standard InChI is InChI=1S/C29H24F3NO4/c1-27-13-20-16(11-12-19-21(20)26(37)33-25(19)36)22(14-7-9-15(10-8-14)29(30,31)32)28(27,2)24(35)18-6-4-3-5-17(18)23(27)34/h3-11,19-22H,12-13H2,1-2H3,(H,33,36,37)/t19-,20+,21-,22-,27-,28+/m0/s1. The number of hydrogen-bond acceptors (Lipinski definition) is 4. The molecule has 6 rings (SSSR count). The maximum Gasteiger partial charge on any atom is 0.416 e. The summed E-state index contributed by atoms with van der Waals surface area (Å²) in [7, 11) is 0. The van der Waals surface area contributed by atoms with Gasteiger partial charge in [0.05, 0.1) is 22.8 Å². The molecule has 8 heteroatoms. The maximum atomic E-state index is 14.3. The molecule has 4 aliphatic rings. The van der Waals surface area contributed by atoms with Crippen molar-refractivity contribution < 1.29 is 32.3 Å². The molecule has 0 spiro atoms. The van der Waals surface area contributed by atoms with Crippen LogP contribution in [0.2, 0.25) is 0 Å². The smallest absolute Gasteiger partial charge is 0.296 e. The lowest BCUT2D eigenvalue weighted by molar-refractivity contribution is -0.137. The van der Waals surface area contributed by atoms with Gasteiger partial charge in [-0.3, -0.25) is 24.5 Å². The second-order valence-electron chi connectivity index (χ2n) is 11.0. The number of carbonyl (C=O) groups excluding carboxylic acids is 4. The topological polar surface area (TPSA) is 80.3 Å². The zero-order chi connectivity index (χ0) is 26.5. The molecular formula is C29H24F3NO4. The Balaban J connectivity index is 1.60. The van der Waals surface area contributed by atoms with Gasteiger partial charge in [0.25, 0.3) is 0 Å². The summed E-state index contributed by atoms with van der Waals surface area (Å²) in [6.07, 6.45) is -2.18. The van der Waals surface area contributed by atoms with Gasteiger partial charge >= 0.3 is 6.18 Å². The van der Waals surface area contributed by atoms with Crippen LogP contribution in [0.3, 0.4) is 0 Å². The van der Waals surface area contributed by atoms with Crippen molar-refractivity contribution in [2.75, 3.05) is 0 Å². The SMILES string of the molecule is C[C@@]12C[C@@H]3C(=CC[C@@H]4C(=O)NC(=O)[C@@H]43)[C@H](c3ccc(C(F)(F)F)cc3)[C@]1(C)C(=O)c1ccccc1C2=O. The van der Waals surface area contributed by atoms with Gasteiger partial charge in [0.1, 0.15) is 0 Å². The van der Waals surface area contributed by atoms with E-state index >= 15 is 0 Å². The van der Waals surface area contributed by atoms with Crippen LogP contribution < -0.4 is 5.32 Å². The Labute approximate surface area is 211 Å². The number of benzene rings is 2. The van der Waals surface area contributed by atoms with E-state index in [-0.39, 0.29) is 30.3 Å². The number of allylic oxidation sites excluding steroid dienone is 2. The van der Waals surface area contributed by atoms with Gasteiger partial charge in [-0.2, -0.15) is 13.2 Å². The van der Waals surface area contributed by atoms with Crippen LogP contribution in [0.25, 0.3) is 0 Å². The van der Waals surface area contributed by atoms with E-state index in [1.54, 1.807) is 38.1 Å². The fourth-order valence-corrected chi connectivity index (χ4v) is 7.42. The van der Waals surface area contributed by atoms with Crippen molar-refractivity contribution in [2.24, 2.45) is 28.6 Å². The molecule has 3 aliphatic carbocycles. The highest BCUT2D eigenvalue weighted by Gasteiger charge is 2.68. The summed E-state index contributed by atoms with van der Waals surface area (Å²) >= 11 is 0. The van der Waals surface area contributed by atoms with Crippen LogP contribution >= 0.6 is 0 Å². The first-order chi connectivity index (χ1) is 17.4. The van der Waals surface area contributed by atoms with Crippen molar-refractivity contribution in [1.82, 2.24) is 5.32 Å². The molecule has 2 fully saturated rings. The number of imide groups is 1. The summed E-state index contributed by atoms with van der Waals surface area (Å²) in [5.41, 5.74) is -1.55. The van der Waals surface area contributed by atoms with Crippen LogP contribution in [0.1, 0.15) is 64.4 Å². The molecule has 2 amide bonds. The number of ketones is 2. The van der Waals surface area contributed by atoms with E-state index in [1.807, 2.05) is 6.08 Å². The van der Waals surface area contributed by atoms with E-state index in [1.165, 1.54) is 12.1 Å². The van der Waals surface area contributed by atoms with Crippen molar-refractivity contribution in [2.45, 2.75) is 38.8 Å². The highest BCUT2D eigenvalue weighted by atomic mass is 19.4. The third-order valence-corrected chi connectivity index (χ3v) is 9.43. The summed E-state index contributed by atoms with van der Waals surface area (Å²) < 4.78 is 40.1. The number of fused-ring (bicyclic) bond motifs is 5. The fraction of sp³-hybridized carbons (Fsp3) is 0.379. The maximum absolute atomic E-state index is 14.3. The van der Waals surface area contributed by atoms with Crippen LogP contribution in [0.4, 0.5) is 13.2 Å². The van der Waals surface area contributed by atoms with Crippen molar-refractivity contribution in [3.05, 3.63) is 82.4 Å². The number of Topliss-reactive ketones (excluding diaryl/α,β-unsaturated/α-hetero) is 2. The Morgan fingerprint density at radius 2 is 1.46 bits per heavy atom. The lowest BCUT2D eigenvalue weighted by Crippen LogP contribution is -2.61. The lowest BCUT2D eigenvalue weighted by atomic mass is 9.40. The zero-order valence-electron chi connectivity index (χ0n) is 20.2. The Kier molecular flexibility index (Phi) is 4.82. The minimum absolute atomic E-state index is 0.188. The molecule has 1 N–H and O–H groups in total. The largest absolute Gasteiger partial charge is 0.416 e. The number of rotatable bonds is 1. The third kappa shape index (κ3) is 2.98. The molecular weight excluding hydrogens is 483 g/mol. The molecule has 37 heavy (non-hydrogen) atoms. The zero-order valence-corrected chi connectivity index (χ0v) is 20.2. The third-order valence-electron chi connectivity index (χ3n) is 9.43. The van der Waals surface area contributed by atoms with Crippen molar-refractivity contribution in [3.63, 3.8) is 0 Å². The molecule has 1 saturated carbocycles. The van der Waals surface area contributed by atoms with Crippen LogP contribution in [-0.2, 0) is 15.8 Å². The molecule has 0 unspecified atom stereocenters. The van der Waals surface area contributed by atoms with Crippen molar-refractivity contribution in [1.29, 1.82) is 0 Å². The Morgan fingerprint density at radius 1 is 0.838 bits per heavy atom. The predicted molar refractivity (Wildman–Crippen MR) is 126 cm³/mol. The molecule has 1 aliphatic heterocycles. The minimum Gasteiger partial charge on any atom is -0.296 e. The molecule has 5 nitrogen and oxygen atoms in total. The Bertz CT molecular complexity index is 1430. The quantitative estimate of drug-likeness (QED) is 0.429.